The average molecular weight is 356 g/mol. The van der Waals surface area contributed by atoms with E-state index < -0.39 is 0 Å². The first-order valence-corrected chi connectivity index (χ1v) is 9.12. The molecule has 0 aliphatic carbocycles. The number of nitrogens with two attached hydrogens (primary N) is 1. The van der Waals surface area contributed by atoms with Gasteiger partial charge in [-0.2, -0.15) is 0 Å². The molecule has 0 bridgehead atoms. The second kappa shape index (κ2) is 11.2. The number of unbranched alkanes of at least 4 members (excludes halogenated alkanes) is 6. The summed E-state index contributed by atoms with van der Waals surface area (Å²) < 4.78 is 1.04. The zero-order valence-corrected chi connectivity index (χ0v) is 14.8. The molecule has 120 valence electrons. The molecule has 0 radical (unpaired) electrons. The molecule has 21 heavy (non-hydrogen) atoms. The summed E-state index contributed by atoms with van der Waals surface area (Å²) >= 11 is 3.48. The molecule has 2 unspecified atom stereocenters. The van der Waals surface area contributed by atoms with Crippen LogP contribution in [0.1, 0.15) is 69.8 Å². The molecular weight excluding hydrogens is 326 g/mol. The Balaban J connectivity index is 2.30. The van der Waals surface area contributed by atoms with Crippen LogP contribution in [0.5, 0.6) is 0 Å². The lowest BCUT2D eigenvalue weighted by atomic mass is 9.90. The van der Waals surface area contributed by atoms with E-state index in [4.69, 9.17) is 5.73 Å². The Kier molecular flexibility index (Phi) is 9.98. The van der Waals surface area contributed by atoms with Crippen LogP contribution < -0.4 is 5.73 Å². The van der Waals surface area contributed by atoms with Gasteiger partial charge in [0.1, 0.15) is 0 Å². The highest BCUT2D eigenvalue weighted by Gasteiger charge is 2.19. The molecule has 1 aromatic carbocycles. The predicted octanol–water partition coefficient (Wildman–Crippen LogP) is 4.99. The molecule has 0 fully saturated rings. The van der Waals surface area contributed by atoms with Crippen molar-refractivity contribution in [3.05, 3.63) is 34.3 Å². The Morgan fingerprint density at radius 3 is 2.38 bits per heavy atom. The molecule has 0 saturated heterocycles. The highest BCUT2D eigenvalue weighted by molar-refractivity contribution is 9.10. The lowest BCUT2D eigenvalue weighted by molar-refractivity contribution is 0.132. The maximum Gasteiger partial charge on any atom is 0.0620 e. The van der Waals surface area contributed by atoms with Gasteiger partial charge in [0.2, 0.25) is 0 Å². The van der Waals surface area contributed by atoms with Crippen LogP contribution in [0.3, 0.4) is 0 Å². The number of aliphatic hydroxyl groups is 1. The third-order valence-corrected chi connectivity index (χ3v) is 4.59. The third kappa shape index (κ3) is 7.44. The molecule has 0 saturated carbocycles. The molecule has 3 heteroatoms. The summed E-state index contributed by atoms with van der Waals surface area (Å²) in [6, 6.07) is 8.12. The fraction of sp³-hybridized carbons (Fsp3) is 0.667. The van der Waals surface area contributed by atoms with E-state index in [1.807, 2.05) is 12.1 Å². The lowest BCUT2D eigenvalue weighted by Crippen LogP contribution is -2.25. The van der Waals surface area contributed by atoms with Gasteiger partial charge in [-0.3, -0.25) is 0 Å². The van der Waals surface area contributed by atoms with Gasteiger partial charge in [0.05, 0.1) is 6.10 Å². The first kappa shape index (κ1) is 18.7. The molecule has 0 heterocycles. The van der Waals surface area contributed by atoms with Gasteiger partial charge in [-0.05, 0) is 24.1 Å². The topological polar surface area (TPSA) is 46.2 Å². The van der Waals surface area contributed by atoms with Crippen LogP contribution >= 0.6 is 15.9 Å². The van der Waals surface area contributed by atoms with Crippen molar-refractivity contribution in [1.82, 2.24) is 0 Å². The molecule has 0 aromatic heterocycles. The highest BCUT2D eigenvalue weighted by atomic mass is 79.9. The monoisotopic (exact) mass is 355 g/mol. The van der Waals surface area contributed by atoms with Crippen LogP contribution in [0.4, 0.5) is 0 Å². The van der Waals surface area contributed by atoms with Crippen LogP contribution in [-0.2, 0) is 0 Å². The summed E-state index contributed by atoms with van der Waals surface area (Å²) in [4.78, 5) is 0. The van der Waals surface area contributed by atoms with E-state index in [1.54, 1.807) is 0 Å². The third-order valence-electron chi connectivity index (χ3n) is 4.10. The normalized spacial score (nSPS) is 14.1. The number of hydrogen-bond donors (Lipinski definition) is 2. The van der Waals surface area contributed by atoms with Gasteiger partial charge in [0, 0.05) is 16.9 Å². The lowest BCUT2D eigenvalue weighted by Gasteiger charge is -2.22. The predicted molar refractivity (Wildman–Crippen MR) is 94.6 cm³/mol. The van der Waals surface area contributed by atoms with Gasteiger partial charge >= 0.3 is 0 Å². The van der Waals surface area contributed by atoms with Crippen molar-refractivity contribution in [2.45, 2.75) is 70.3 Å². The molecule has 0 spiro atoms. The first-order valence-electron chi connectivity index (χ1n) is 8.32. The SMILES string of the molecule is CCCCCCCCCC(O)C(CN)c1cccc(Br)c1. The molecule has 2 nitrogen and oxygen atoms in total. The summed E-state index contributed by atoms with van der Waals surface area (Å²) in [5.41, 5.74) is 6.99. The van der Waals surface area contributed by atoms with Crippen molar-refractivity contribution >= 4 is 15.9 Å². The van der Waals surface area contributed by atoms with Gasteiger partial charge in [-0.25, -0.2) is 0 Å². The zero-order chi connectivity index (χ0) is 15.5. The van der Waals surface area contributed by atoms with Gasteiger partial charge in [0.15, 0.2) is 0 Å². The molecule has 0 aliphatic rings. The highest BCUT2D eigenvalue weighted by Crippen LogP contribution is 2.25. The fourth-order valence-electron chi connectivity index (χ4n) is 2.76. The average Bonchev–Trinajstić information content (AvgIpc) is 2.47. The van der Waals surface area contributed by atoms with E-state index in [2.05, 4.69) is 35.0 Å². The Labute approximate surface area is 138 Å². The van der Waals surface area contributed by atoms with Crippen LogP contribution in [0.2, 0.25) is 0 Å². The summed E-state index contributed by atoms with van der Waals surface area (Å²) in [5, 5.41) is 10.4. The van der Waals surface area contributed by atoms with Crippen molar-refractivity contribution < 1.29 is 5.11 Å². The largest absolute Gasteiger partial charge is 0.392 e. The second-order valence-electron chi connectivity index (χ2n) is 5.87. The molecule has 2 atom stereocenters. The van der Waals surface area contributed by atoms with Crippen molar-refractivity contribution in [3.8, 4) is 0 Å². The Morgan fingerprint density at radius 1 is 1.10 bits per heavy atom. The van der Waals surface area contributed by atoms with E-state index in [-0.39, 0.29) is 12.0 Å². The summed E-state index contributed by atoms with van der Waals surface area (Å²) in [5.74, 6) is 0.0441. The number of aliphatic hydroxyl groups excluding tert-OH is 1. The van der Waals surface area contributed by atoms with Crippen molar-refractivity contribution in [3.63, 3.8) is 0 Å². The van der Waals surface area contributed by atoms with Gasteiger partial charge in [-0.15, -0.1) is 0 Å². The summed E-state index contributed by atoms with van der Waals surface area (Å²) in [7, 11) is 0. The Morgan fingerprint density at radius 2 is 1.76 bits per heavy atom. The smallest absolute Gasteiger partial charge is 0.0620 e. The maximum atomic E-state index is 10.4. The minimum atomic E-state index is -0.333. The van der Waals surface area contributed by atoms with Crippen LogP contribution in [0.15, 0.2) is 28.7 Å². The van der Waals surface area contributed by atoms with Crippen molar-refractivity contribution in [2.24, 2.45) is 5.73 Å². The van der Waals surface area contributed by atoms with E-state index >= 15 is 0 Å². The van der Waals surface area contributed by atoms with Crippen LogP contribution in [-0.4, -0.2) is 17.8 Å². The number of benzene rings is 1. The molecule has 0 amide bonds. The van der Waals surface area contributed by atoms with Crippen molar-refractivity contribution in [2.75, 3.05) is 6.54 Å². The number of halogens is 1. The summed E-state index contributed by atoms with van der Waals surface area (Å²) in [6.07, 6.45) is 9.44. The minimum absolute atomic E-state index is 0.0441. The Hall–Kier alpha value is -0.380. The molecule has 1 aromatic rings. The molecule has 3 N–H and O–H groups in total. The molecule has 0 aliphatic heterocycles. The number of rotatable bonds is 11. The second-order valence-corrected chi connectivity index (χ2v) is 6.79. The zero-order valence-electron chi connectivity index (χ0n) is 13.2. The number of hydrogen-bond acceptors (Lipinski definition) is 2. The summed E-state index contributed by atoms with van der Waals surface area (Å²) in [6.45, 7) is 2.74. The van der Waals surface area contributed by atoms with Gasteiger partial charge < -0.3 is 10.8 Å². The molecular formula is C18H30BrNO. The van der Waals surface area contributed by atoms with Gasteiger partial charge in [-0.1, -0.05) is 79.9 Å². The van der Waals surface area contributed by atoms with Crippen molar-refractivity contribution in [1.29, 1.82) is 0 Å². The standard InChI is InChI=1S/C18H30BrNO/c1-2-3-4-5-6-7-8-12-18(21)17(14-20)15-10-9-11-16(19)13-15/h9-11,13,17-18,21H,2-8,12,14,20H2,1H3. The fourth-order valence-corrected chi connectivity index (χ4v) is 3.18. The Bertz CT molecular complexity index is 383. The molecule has 1 rings (SSSR count). The van der Waals surface area contributed by atoms with E-state index in [1.165, 1.54) is 38.5 Å². The quantitative estimate of drug-likeness (QED) is 0.549. The van der Waals surface area contributed by atoms with E-state index in [0.717, 1.165) is 22.9 Å². The first-order chi connectivity index (χ1) is 10.2. The maximum absolute atomic E-state index is 10.4. The van der Waals surface area contributed by atoms with E-state index in [0.29, 0.717) is 6.54 Å². The van der Waals surface area contributed by atoms with Crippen LogP contribution in [0, 0.1) is 0 Å². The van der Waals surface area contributed by atoms with E-state index in [9.17, 15) is 5.11 Å². The van der Waals surface area contributed by atoms with Gasteiger partial charge in [0.25, 0.3) is 0 Å². The minimum Gasteiger partial charge on any atom is -0.392 e. The van der Waals surface area contributed by atoms with Crippen LogP contribution in [0.25, 0.3) is 0 Å².